The Balaban J connectivity index is 1.21. The molecule has 166 valence electrons. The monoisotopic (exact) mass is 442 g/mol. The zero-order valence-electron chi connectivity index (χ0n) is 17.8. The van der Waals surface area contributed by atoms with Gasteiger partial charge in [0.15, 0.2) is 5.76 Å². The normalized spacial score (nSPS) is 14.2. The van der Waals surface area contributed by atoms with Crippen LogP contribution in [-0.2, 0) is 11.3 Å². The van der Waals surface area contributed by atoms with Gasteiger partial charge in [-0.25, -0.2) is 4.68 Å². The van der Waals surface area contributed by atoms with Crippen molar-refractivity contribution in [3.63, 3.8) is 0 Å². The summed E-state index contributed by atoms with van der Waals surface area (Å²) < 4.78 is 12.9. The molecule has 0 unspecified atom stereocenters. The van der Waals surface area contributed by atoms with Crippen LogP contribution in [0, 0.1) is 17.2 Å². The molecular formula is C24H22N6O3. The fourth-order valence-electron chi connectivity index (χ4n) is 4.00. The number of amides is 1. The van der Waals surface area contributed by atoms with Gasteiger partial charge in [0, 0.05) is 25.1 Å². The Morgan fingerprint density at radius 1 is 1.15 bits per heavy atom. The third-order valence-corrected chi connectivity index (χ3v) is 5.74. The molecule has 1 saturated heterocycles. The molecule has 0 aliphatic carbocycles. The molecule has 0 radical (unpaired) electrons. The standard InChI is InChI=1S/C24H22N6O3/c25-15-19-24(33-23(27-19)20-7-4-14-32-20)29-12-9-18(10-13-29)22(31)28-21-8-11-26-30(21)16-17-5-2-1-3-6-17/h1-8,11,14,18H,9-10,12-13,16H2,(H,28,31). The molecule has 3 aromatic heterocycles. The van der Waals surface area contributed by atoms with E-state index in [1.54, 1.807) is 29.1 Å². The van der Waals surface area contributed by atoms with Crippen LogP contribution in [0.4, 0.5) is 11.7 Å². The first kappa shape index (κ1) is 20.6. The molecule has 1 N–H and O–H groups in total. The number of nitrogens with zero attached hydrogens (tertiary/aromatic N) is 5. The van der Waals surface area contributed by atoms with Crippen LogP contribution in [0.3, 0.4) is 0 Å². The fourth-order valence-corrected chi connectivity index (χ4v) is 4.00. The van der Waals surface area contributed by atoms with Crippen molar-refractivity contribution in [2.45, 2.75) is 19.4 Å². The van der Waals surface area contributed by atoms with E-state index < -0.39 is 0 Å². The summed E-state index contributed by atoms with van der Waals surface area (Å²) in [5.41, 5.74) is 1.33. The molecule has 1 aromatic carbocycles. The minimum Gasteiger partial charge on any atom is -0.459 e. The van der Waals surface area contributed by atoms with Crippen molar-refractivity contribution in [3.8, 4) is 17.7 Å². The summed E-state index contributed by atoms with van der Waals surface area (Å²) in [4.78, 5) is 19.1. The smallest absolute Gasteiger partial charge is 0.266 e. The maximum absolute atomic E-state index is 12.9. The number of carbonyl (C=O) groups is 1. The van der Waals surface area contributed by atoms with Gasteiger partial charge < -0.3 is 19.1 Å². The van der Waals surface area contributed by atoms with Gasteiger partial charge in [-0.2, -0.15) is 15.3 Å². The molecule has 1 aliphatic rings. The lowest BCUT2D eigenvalue weighted by atomic mass is 9.96. The van der Waals surface area contributed by atoms with Crippen molar-refractivity contribution in [3.05, 3.63) is 72.2 Å². The summed E-state index contributed by atoms with van der Waals surface area (Å²) in [5, 5.41) is 16.8. The Labute approximate surface area is 190 Å². The number of hydrogen-bond acceptors (Lipinski definition) is 7. The van der Waals surface area contributed by atoms with Crippen molar-refractivity contribution in [2.24, 2.45) is 5.92 Å². The van der Waals surface area contributed by atoms with Gasteiger partial charge in [0.2, 0.25) is 17.5 Å². The van der Waals surface area contributed by atoms with E-state index in [1.165, 1.54) is 6.26 Å². The van der Waals surface area contributed by atoms with E-state index in [9.17, 15) is 10.1 Å². The number of anilines is 2. The number of rotatable bonds is 6. The van der Waals surface area contributed by atoms with Crippen molar-refractivity contribution in [2.75, 3.05) is 23.3 Å². The summed E-state index contributed by atoms with van der Waals surface area (Å²) in [7, 11) is 0. The average molecular weight is 442 g/mol. The van der Waals surface area contributed by atoms with Crippen LogP contribution in [0.25, 0.3) is 11.7 Å². The molecule has 1 aliphatic heterocycles. The largest absolute Gasteiger partial charge is 0.459 e. The Morgan fingerprint density at radius 2 is 1.97 bits per heavy atom. The van der Waals surface area contributed by atoms with Gasteiger partial charge in [-0.05, 0) is 30.5 Å². The summed E-state index contributed by atoms with van der Waals surface area (Å²) in [6, 6.07) is 17.3. The lowest BCUT2D eigenvalue weighted by Crippen LogP contribution is -2.38. The lowest BCUT2D eigenvalue weighted by molar-refractivity contribution is -0.120. The van der Waals surface area contributed by atoms with Gasteiger partial charge in [0.25, 0.3) is 5.89 Å². The predicted octanol–water partition coefficient (Wildman–Crippen LogP) is 3.91. The number of nitrogens with one attached hydrogen (secondary N) is 1. The van der Waals surface area contributed by atoms with Crippen LogP contribution in [0.15, 0.2) is 69.8 Å². The van der Waals surface area contributed by atoms with Crippen LogP contribution in [0.2, 0.25) is 0 Å². The van der Waals surface area contributed by atoms with Gasteiger partial charge in [0.1, 0.15) is 11.9 Å². The number of oxazole rings is 1. The quantitative estimate of drug-likeness (QED) is 0.482. The highest BCUT2D eigenvalue weighted by molar-refractivity contribution is 5.92. The fraction of sp³-hybridized carbons (Fsp3) is 0.250. The number of aromatic nitrogens is 3. The molecule has 4 aromatic rings. The molecule has 5 rings (SSSR count). The summed E-state index contributed by atoms with van der Waals surface area (Å²) in [5.74, 6) is 1.68. The third-order valence-electron chi connectivity index (χ3n) is 5.74. The Kier molecular flexibility index (Phi) is 5.64. The molecule has 0 bridgehead atoms. The lowest BCUT2D eigenvalue weighted by Gasteiger charge is -2.30. The molecule has 9 heteroatoms. The van der Waals surface area contributed by atoms with Crippen LogP contribution in [-0.4, -0.2) is 33.8 Å². The molecule has 33 heavy (non-hydrogen) atoms. The molecule has 1 amide bonds. The summed E-state index contributed by atoms with van der Waals surface area (Å²) in [6.45, 7) is 1.76. The van der Waals surface area contributed by atoms with Crippen LogP contribution >= 0.6 is 0 Å². The second-order valence-electron chi connectivity index (χ2n) is 7.87. The van der Waals surface area contributed by atoms with Crippen molar-refractivity contribution in [1.82, 2.24) is 14.8 Å². The van der Waals surface area contributed by atoms with Crippen molar-refractivity contribution in [1.29, 1.82) is 5.26 Å². The van der Waals surface area contributed by atoms with Crippen molar-refractivity contribution >= 4 is 17.6 Å². The van der Waals surface area contributed by atoms with E-state index in [1.807, 2.05) is 35.2 Å². The van der Waals surface area contributed by atoms with E-state index >= 15 is 0 Å². The second kappa shape index (κ2) is 9.04. The maximum Gasteiger partial charge on any atom is 0.266 e. The first-order valence-electron chi connectivity index (χ1n) is 10.8. The second-order valence-corrected chi connectivity index (χ2v) is 7.87. The van der Waals surface area contributed by atoms with Gasteiger partial charge in [-0.3, -0.25) is 4.79 Å². The molecule has 0 spiro atoms. The zero-order valence-corrected chi connectivity index (χ0v) is 17.8. The van der Waals surface area contributed by atoms with Gasteiger partial charge in [-0.15, -0.1) is 0 Å². The summed E-state index contributed by atoms with van der Waals surface area (Å²) >= 11 is 0. The Hall–Kier alpha value is -4.32. The van der Waals surface area contributed by atoms with E-state index in [0.29, 0.717) is 49.9 Å². The van der Waals surface area contributed by atoms with Crippen LogP contribution in [0.5, 0.6) is 0 Å². The number of piperidine rings is 1. The first-order valence-corrected chi connectivity index (χ1v) is 10.8. The molecule has 9 nitrogen and oxygen atoms in total. The number of benzene rings is 1. The van der Waals surface area contributed by atoms with Gasteiger partial charge in [0.05, 0.1) is 19.0 Å². The molecule has 0 saturated carbocycles. The average Bonchev–Trinajstić information content (AvgIpc) is 3.61. The Bertz CT molecular complexity index is 1260. The maximum atomic E-state index is 12.9. The van der Waals surface area contributed by atoms with E-state index in [0.717, 1.165) is 5.56 Å². The van der Waals surface area contributed by atoms with Gasteiger partial charge >= 0.3 is 0 Å². The Morgan fingerprint density at radius 3 is 2.70 bits per heavy atom. The van der Waals surface area contributed by atoms with Crippen LogP contribution < -0.4 is 10.2 Å². The minimum absolute atomic E-state index is 0.0289. The van der Waals surface area contributed by atoms with Crippen LogP contribution in [0.1, 0.15) is 24.1 Å². The van der Waals surface area contributed by atoms with E-state index in [-0.39, 0.29) is 23.4 Å². The number of nitriles is 1. The molecule has 4 heterocycles. The SMILES string of the molecule is N#Cc1nc(-c2ccco2)oc1N1CCC(C(=O)Nc2ccnn2Cc2ccccc2)CC1. The molecular weight excluding hydrogens is 420 g/mol. The number of hydrogen-bond donors (Lipinski definition) is 1. The van der Waals surface area contributed by atoms with E-state index in [2.05, 4.69) is 21.5 Å². The van der Waals surface area contributed by atoms with Crippen molar-refractivity contribution < 1.29 is 13.6 Å². The highest BCUT2D eigenvalue weighted by atomic mass is 16.4. The zero-order chi connectivity index (χ0) is 22.6. The first-order chi connectivity index (χ1) is 16.2. The third kappa shape index (κ3) is 4.36. The highest BCUT2D eigenvalue weighted by Crippen LogP contribution is 2.31. The topological polar surface area (TPSA) is 113 Å². The van der Waals surface area contributed by atoms with E-state index in [4.69, 9.17) is 8.83 Å². The number of carbonyl (C=O) groups excluding carboxylic acids is 1. The highest BCUT2D eigenvalue weighted by Gasteiger charge is 2.29. The summed E-state index contributed by atoms with van der Waals surface area (Å²) in [6.07, 6.45) is 4.49. The molecule has 1 fully saturated rings. The molecule has 0 atom stereocenters. The minimum atomic E-state index is -0.140. The predicted molar refractivity (Wildman–Crippen MR) is 120 cm³/mol. The number of furan rings is 1. The van der Waals surface area contributed by atoms with Gasteiger partial charge in [-0.1, -0.05) is 30.3 Å².